The fraction of sp³-hybridized carbons (Fsp3) is 0.474. The van der Waals surface area contributed by atoms with Crippen molar-refractivity contribution in [2.45, 2.75) is 38.4 Å². The molecule has 2 heterocycles. The lowest BCUT2D eigenvalue weighted by molar-refractivity contribution is -0.127. The van der Waals surface area contributed by atoms with Crippen LogP contribution in [-0.2, 0) is 16.1 Å². The highest BCUT2D eigenvalue weighted by molar-refractivity contribution is 7.15. The van der Waals surface area contributed by atoms with Gasteiger partial charge in [0.05, 0.1) is 13.7 Å². The summed E-state index contributed by atoms with van der Waals surface area (Å²) in [5, 5.41) is 6.87. The molecule has 1 saturated heterocycles. The zero-order valence-corrected chi connectivity index (χ0v) is 16.0. The maximum atomic E-state index is 12.3. The van der Waals surface area contributed by atoms with E-state index in [0.717, 1.165) is 37.2 Å². The number of piperidine rings is 1. The second-order valence-electron chi connectivity index (χ2n) is 6.39. The predicted octanol–water partition coefficient (Wildman–Crippen LogP) is 3.16. The molecule has 1 amide bonds. The third-order valence-electron chi connectivity index (χ3n) is 4.50. The van der Waals surface area contributed by atoms with Gasteiger partial charge in [0.25, 0.3) is 5.91 Å². The number of hydrogen-bond donors (Lipinski definition) is 2. The molecule has 140 valence electrons. The summed E-state index contributed by atoms with van der Waals surface area (Å²) in [4.78, 5) is 17.9. The number of carbonyl (C=O) groups is 1. The van der Waals surface area contributed by atoms with Gasteiger partial charge in [-0.05, 0) is 56.5 Å². The first-order valence-electron chi connectivity index (χ1n) is 8.87. The number of hydrogen-bond acceptors (Lipinski definition) is 6. The van der Waals surface area contributed by atoms with Crippen LogP contribution in [0.2, 0.25) is 0 Å². The van der Waals surface area contributed by atoms with Gasteiger partial charge in [-0.1, -0.05) is 12.1 Å². The molecule has 0 bridgehead atoms. The van der Waals surface area contributed by atoms with E-state index in [9.17, 15) is 4.79 Å². The number of amides is 1. The van der Waals surface area contributed by atoms with E-state index in [4.69, 9.17) is 9.47 Å². The lowest BCUT2D eigenvalue weighted by Gasteiger charge is -2.20. The number of rotatable bonds is 7. The van der Waals surface area contributed by atoms with Gasteiger partial charge in [0, 0.05) is 11.1 Å². The van der Waals surface area contributed by atoms with Crippen LogP contribution in [0, 0.1) is 0 Å². The van der Waals surface area contributed by atoms with Gasteiger partial charge in [-0.3, -0.25) is 10.1 Å². The minimum atomic E-state index is -0.563. The fourth-order valence-electron chi connectivity index (χ4n) is 2.91. The Labute approximate surface area is 157 Å². The van der Waals surface area contributed by atoms with E-state index in [2.05, 4.69) is 15.6 Å². The summed E-state index contributed by atoms with van der Waals surface area (Å²) in [5.41, 5.74) is 0.964. The quantitative estimate of drug-likeness (QED) is 0.778. The zero-order chi connectivity index (χ0) is 18.4. The maximum Gasteiger partial charge on any atom is 0.255 e. The first kappa shape index (κ1) is 18.8. The van der Waals surface area contributed by atoms with E-state index >= 15 is 0 Å². The molecule has 1 aromatic carbocycles. The first-order valence-corrected chi connectivity index (χ1v) is 9.69. The van der Waals surface area contributed by atoms with Gasteiger partial charge in [-0.15, -0.1) is 11.3 Å². The van der Waals surface area contributed by atoms with E-state index in [0.29, 0.717) is 17.7 Å². The van der Waals surface area contributed by atoms with Crippen LogP contribution in [0.25, 0.3) is 0 Å². The summed E-state index contributed by atoms with van der Waals surface area (Å²) in [5.74, 6) is 1.14. The van der Waals surface area contributed by atoms with Crippen LogP contribution in [0.4, 0.5) is 5.13 Å². The van der Waals surface area contributed by atoms with E-state index in [1.807, 2.05) is 30.5 Å². The third kappa shape index (κ3) is 5.03. The van der Waals surface area contributed by atoms with Crippen LogP contribution in [0.15, 0.2) is 30.5 Å². The van der Waals surface area contributed by atoms with E-state index in [1.165, 1.54) is 4.88 Å². The van der Waals surface area contributed by atoms with Gasteiger partial charge >= 0.3 is 0 Å². The maximum absolute atomic E-state index is 12.3. The van der Waals surface area contributed by atoms with Crippen molar-refractivity contribution in [2.75, 3.05) is 25.5 Å². The molecule has 1 aliphatic heterocycles. The van der Waals surface area contributed by atoms with Gasteiger partial charge in [0.1, 0.15) is 11.9 Å². The van der Waals surface area contributed by atoms with Crippen molar-refractivity contribution in [3.63, 3.8) is 0 Å². The highest BCUT2D eigenvalue weighted by atomic mass is 32.1. The number of thiazole rings is 1. The molecule has 0 saturated carbocycles. The molecule has 6 nitrogen and oxygen atoms in total. The highest BCUT2D eigenvalue weighted by Crippen LogP contribution is 2.31. The minimum Gasteiger partial charge on any atom is -0.497 e. The van der Waals surface area contributed by atoms with E-state index in [-0.39, 0.29) is 5.91 Å². The van der Waals surface area contributed by atoms with Crippen molar-refractivity contribution in [2.24, 2.45) is 0 Å². The molecule has 1 atom stereocenters. The monoisotopic (exact) mass is 375 g/mol. The fourth-order valence-corrected chi connectivity index (χ4v) is 3.89. The number of anilines is 1. The molecule has 1 aliphatic rings. The zero-order valence-electron chi connectivity index (χ0n) is 15.2. The van der Waals surface area contributed by atoms with Gasteiger partial charge < -0.3 is 14.8 Å². The van der Waals surface area contributed by atoms with Crippen LogP contribution in [-0.4, -0.2) is 37.2 Å². The van der Waals surface area contributed by atoms with Crippen molar-refractivity contribution < 1.29 is 14.3 Å². The Kier molecular flexibility index (Phi) is 6.60. The molecule has 1 aromatic heterocycles. The predicted molar refractivity (Wildman–Crippen MR) is 103 cm³/mol. The number of methoxy groups -OCH3 is 1. The van der Waals surface area contributed by atoms with Crippen LogP contribution in [0.1, 0.15) is 36.1 Å². The number of nitrogens with zero attached hydrogens (tertiary/aromatic N) is 1. The van der Waals surface area contributed by atoms with Crippen LogP contribution in [0.3, 0.4) is 0 Å². The molecule has 2 aromatic rings. The topological polar surface area (TPSA) is 72.5 Å². The molecule has 0 spiro atoms. The van der Waals surface area contributed by atoms with Gasteiger partial charge in [0.15, 0.2) is 5.13 Å². The van der Waals surface area contributed by atoms with Crippen molar-refractivity contribution in [1.82, 2.24) is 10.3 Å². The third-order valence-corrected chi connectivity index (χ3v) is 5.57. The Balaban J connectivity index is 1.50. The Hall–Kier alpha value is -1.96. The first-order chi connectivity index (χ1) is 12.7. The number of carbonyl (C=O) groups excluding carboxylic acids is 1. The van der Waals surface area contributed by atoms with Gasteiger partial charge in [-0.2, -0.15) is 0 Å². The Morgan fingerprint density at radius 2 is 2.23 bits per heavy atom. The Morgan fingerprint density at radius 3 is 3.00 bits per heavy atom. The second-order valence-corrected chi connectivity index (χ2v) is 7.45. The van der Waals surface area contributed by atoms with Crippen molar-refractivity contribution in [3.8, 4) is 5.75 Å². The summed E-state index contributed by atoms with van der Waals surface area (Å²) in [6, 6.07) is 7.62. The molecule has 2 N–H and O–H groups in total. The van der Waals surface area contributed by atoms with Crippen molar-refractivity contribution >= 4 is 22.4 Å². The number of ether oxygens (including phenoxy) is 2. The molecule has 3 rings (SSSR count). The van der Waals surface area contributed by atoms with Crippen molar-refractivity contribution in [3.05, 3.63) is 40.9 Å². The summed E-state index contributed by atoms with van der Waals surface area (Å²) in [7, 11) is 1.63. The Bertz CT molecular complexity index is 728. The highest BCUT2D eigenvalue weighted by Gasteiger charge is 2.20. The van der Waals surface area contributed by atoms with Gasteiger partial charge in [0.2, 0.25) is 0 Å². The summed E-state index contributed by atoms with van der Waals surface area (Å²) < 4.78 is 10.9. The number of benzene rings is 1. The Morgan fingerprint density at radius 1 is 1.42 bits per heavy atom. The standard InChI is InChI=1S/C19H25N3O3S/c1-13(25-12-14-4-3-5-16(10-14)24-2)18(23)22-19-21-11-17(26-19)15-6-8-20-9-7-15/h3-5,10-11,13,15,20H,6-9,12H2,1-2H3,(H,21,22,23). The van der Waals surface area contributed by atoms with Crippen LogP contribution in [0.5, 0.6) is 5.75 Å². The lowest BCUT2D eigenvalue weighted by Crippen LogP contribution is -2.27. The molecular formula is C19H25N3O3S. The van der Waals surface area contributed by atoms with E-state index < -0.39 is 6.10 Å². The molecule has 1 unspecified atom stereocenters. The van der Waals surface area contributed by atoms with Crippen LogP contribution < -0.4 is 15.4 Å². The molecule has 0 aliphatic carbocycles. The smallest absolute Gasteiger partial charge is 0.255 e. The number of nitrogens with one attached hydrogen (secondary N) is 2. The summed E-state index contributed by atoms with van der Waals surface area (Å²) in [6.45, 7) is 4.18. The second kappa shape index (κ2) is 9.12. The summed E-state index contributed by atoms with van der Waals surface area (Å²) >= 11 is 1.56. The van der Waals surface area contributed by atoms with Crippen molar-refractivity contribution in [1.29, 1.82) is 0 Å². The largest absolute Gasteiger partial charge is 0.497 e. The summed E-state index contributed by atoms with van der Waals surface area (Å²) in [6.07, 6.45) is 3.57. The average Bonchev–Trinajstić information content (AvgIpc) is 3.15. The number of aromatic nitrogens is 1. The lowest BCUT2D eigenvalue weighted by atomic mass is 9.97. The average molecular weight is 375 g/mol. The molecule has 7 heteroatoms. The normalized spacial score (nSPS) is 16.2. The van der Waals surface area contributed by atoms with E-state index in [1.54, 1.807) is 25.4 Å². The minimum absolute atomic E-state index is 0.181. The van der Waals surface area contributed by atoms with Crippen LogP contribution >= 0.6 is 11.3 Å². The molecular weight excluding hydrogens is 350 g/mol. The molecule has 0 radical (unpaired) electrons. The van der Waals surface area contributed by atoms with Gasteiger partial charge in [-0.25, -0.2) is 4.98 Å². The molecule has 26 heavy (non-hydrogen) atoms. The molecule has 1 fully saturated rings. The SMILES string of the molecule is COc1cccc(COC(C)C(=O)Nc2ncc(C3CCNCC3)s2)c1.